The van der Waals surface area contributed by atoms with Crippen molar-refractivity contribution in [3.05, 3.63) is 71.3 Å². The summed E-state index contributed by atoms with van der Waals surface area (Å²) in [5.41, 5.74) is 3.16. The summed E-state index contributed by atoms with van der Waals surface area (Å²) in [5, 5.41) is 5.74. The van der Waals surface area contributed by atoms with E-state index in [2.05, 4.69) is 10.6 Å². The topological polar surface area (TPSA) is 84.5 Å². The van der Waals surface area contributed by atoms with Crippen LogP contribution in [-0.2, 0) is 16.1 Å². The number of carbonyl (C=O) groups is 3. The Morgan fingerprint density at radius 2 is 1.77 bits per heavy atom. The van der Waals surface area contributed by atoms with Gasteiger partial charge in [-0.05, 0) is 61.6 Å². The highest BCUT2D eigenvalue weighted by atomic mass is 16.5. The average molecular weight is 406 g/mol. The highest BCUT2D eigenvalue weighted by Crippen LogP contribution is 2.22. The van der Waals surface area contributed by atoms with Gasteiger partial charge in [0.25, 0.3) is 5.91 Å². The van der Waals surface area contributed by atoms with Gasteiger partial charge < -0.3 is 15.4 Å². The van der Waals surface area contributed by atoms with E-state index in [4.69, 9.17) is 4.74 Å². The van der Waals surface area contributed by atoms with Crippen LogP contribution in [0.5, 0.6) is 5.75 Å². The number of amides is 2. The molecule has 6 heteroatoms. The van der Waals surface area contributed by atoms with Crippen LogP contribution in [0.3, 0.4) is 0 Å². The van der Waals surface area contributed by atoms with Crippen molar-refractivity contribution < 1.29 is 19.1 Å². The number of carbonyl (C=O) groups excluding carboxylic acids is 3. The number of hydrogen-bond acceptors (Lipinski definition) is 4. The summed E-state index contributed by atoms with van der Waals surface area (Å²) in [7, 11) is 0. The smallest absolute Gasteiger partial charge is 0.308 e. The first-order chi connectivity index (χ1) is 14.5. The molecule has 1 aliphatic rings. The molecule has 1 aliphatic carbocycles. The van der Waals surface area contributed by atoms with E-state index in [0.717, 1.165) is 31.2 Å². The molecule has 0 saturated heterocycles. The maximum atomic E-state index is 12.4. The summed E-state index contributed by atoms with van der Waals surface area (Å²) in [4.78, 5) is 35.7. The number of allylic oxidation sites excluding steroid dienone is 1. The summed E-state index contributed by atoms with van der Waals surface area (Å²) in [6.45, 7) is 1.62. The minimum absolute atomic E-state index is 0.115. The van der Waals surface area contributed by atoms with Gasteiger partial charge in [-0.3, -0.25) is 14.4 Å². The third-order valence-corrected chi connectivity index (χ3v) is 4.84. The first-order valence-corrected chi connectivity index (χ1v) is 10.2. The lowest BCUT2D eigenvalue weighted by Gasteiger charge is -2.13. The molecule has 0 aromatic heterocycles. The van der Waals surface area contributed by atoms with Crippen LogP contribution in [0.1, 0.15) is 54.9 Å². The van der Waals surface area contributed by atoms with Gasteiger partial charge in [0, 0.05) is 30.8 Å². The molecule has 30 heavy (non-hydrogen) atoms. The van der Waals surface area contributed by atoms with E-state index in [1.807, 2.05) is 24.3 Å². The monoisotopic (exact) mass is 406 g/mol. The van der Waals surface area contributed by atoms with Gasteiger partial charge in [-0.25, -0.2) is 0 Å². The minimum atomic E-state index is -0.439. The fourth-order valence-corrected chi connectivity index (χ4v) is 3.42. The number of benzene rings is 2. The van der Waals surface area contributed by atoms with Crippen molar-refractivity contribution in [3.63, 3.8) is 0 Å². The molecule has 0 spiro atoms. The summed E-state index contributed by atoms with van der Waals surface area (Å²) >= 11 is 0. The molecule has 2 aromatic carbocycles. The standard InChI is InChI=1S/C24H26N2O4/c1-17(27)30-22-12-6-10-20(15-22)24(29)25-16-19-9-5-11-21(13-19)26-23(28)14-18-7-3-2-4-8-18/h5-6,9-15H,2-4,7-8,16H2,1H3,(H,25,29)(H,26,28). The summed E-state index contributed by atoms with van der Waals surface area (Å²) in [6, 6.07) is 13.8. The van der Waals surface area contributed by atoms with Crippen molar-refractivity contribution in [3.8, 4) is 5.75 Å². The Morgan fingerprint density at radius 3 is 2.53 bits per heavy atom. The molecule has 0 bridgehead atoms. The molecule has 2 amide bonds. The lowest BCUT2D eigenvalue weighted by atomic mass is 9.94. The highest BCUT2D eigenvalue weighted by Gasteiger charge is 2.10. The van der Waals surface area contributed by atoms with E-state index in [9.17, 15) is 14.4 Å². The molecular formula is C24H26N2O4. The van der Waals surface area contributed by atoms with Crippen molar-refractivity contribution in [2.75, 3.05) is 5.32 Å². The largest absolute Gasteiger partial charge is 0.427 e. The third kappa shape index (κ3) is 6.58. The molecule has 6 nitrogen and oxygen atoms in total. The van der Waals surface area contributed by atoms with E-state index < -0.39 is 5.97 Å². The highest BCUT2D eigenvalue weighted by molar-refractivity contribution is 5.99. The van der Waals surface area contributed by atoms with E-state index in [-0.39, 0.29) is 11.8 Å². The quantitative estimate of drug-likeness (QED) is 0.424. The van der Waals surface area contributed by atoms with Gasteiger partial charge in [-0.1, -0.05) is 30.2 Å². The molecule has 0 atom stereocenters. The van der Waals surface area contributed by atoms with Crippen LogP contribution in [0.15, 0.2) is 60.2 Å². The van der Waals surface area contributed by atoms with Crippen molar-refractivity contribution in [2.45, 2.75) is 45.6 Å². The minimum Gasteiger partial charge on any atom is -0.427 e. The number of nitrogens with one attached hydrogen (secondary N) is 2. The SMILES string of the molecule is CC(=O)Oc1cccc(C(=O)NCc2cccc(NC(=O)C=C3CCCCC3)c2)c1. The molecule has 3 rings (SSSR count). The van der Waals surface area contributed by atoms with E-state index >= 15 is 0 Å². The van der Waals surface area contributed by atoms with Crippen LogP contribution in [0.4, 0.5) is 5.69 Å². The second kappa shape index (κ2) is 10.4. The lowest BCUT2D eigenvalue weighted by molar-refractivity contribution is -0.131. The normalized spacial score (nSPS) is 13.3. The second-order valence-corrected chi connectivity index (χ2v) is 7.36. The zero-order valence-corrected chi connectivity index (χ0v) is 17.1. The maximum absolute atomic E-state index is 12.4. The Balaban J connectivity index is 1.56. The van der Waals surface area contributed by atoms with E-state index in [0.29, 0.717) is 23.5 Å². The van der Waals surface area contributed by atoms with Gasteiger partial charge in [0.2, 0.25) is 5.91 Å². The first-order valence-electron chi connectivity index (χ1n) is 10.2. The number of anilines is 1. The summed E-state index contributed by atoms with van der Waals surface area (Å²) in [6.07, 6.45) is 7.25. The summed E-state index contributed by atoms with van der Waals surface area (Å²) < 4.78 is 5.01. The van der Waals surface area contributed by atoms with Crippen LogP contribution in [0.2, 0.25) is 0 Å². The Bertz CT molecular complexity index is 957. The van der Waals surface area contributed by atoms with Crippen LogP contribution < -0.4 is 15.4 Å². The number of rotatable bonds is 6. The molecular weight excluding hydrogens is 380 g/mol. The van der Waals surface area contributed by atoms with Crippen molar-refractivity contribution in [2.24, 2.45) is 0 Å². The van der Waals surface area contributed by atoms with Gasteiger partial charge in [0.15, 0.2) is 0 Å². The van der Waals surface area contributed by atoms with Crippen LogP contribution in [0.25, 0.3) is 0 Å². The number of ether oxygens (including phenoxy) is 1. The van der Waals surface area contributed by atoms with Crippen LogP contribution in [0, 0.1) is 0 Å². The van der Waals surface area contributed by atoms with Gasteiger partial charge in [-0.2, -0.15) is 0 Å². The van der Waals surface area contributed by atoms with Crippen LogP contribution in [-0.4, -0.2) is 17.8 Å². The van der Waals surface area contributed by atoms with Crippen LogP contribution >= 0.6 is 0 Å². The Morgan fingerprint density at radius 1 is 1.00 bits per heavy atom. The second-order valence-electron chi connectivity index (χ2n) is 7.36. The Labute approximate surface area is 176 Å². The predicted molar refractivity (Wildman–Crippen MR) is 115 cm³/mol. The average Bonchev–Trinajstić information content (AvgIpc) is 2.72. The molecule has 2 aromatic rings. The Kier molecular flexibility index (Phi) is 7.38. The number of hydrogen-bond donors (Lipinski definition) is 2. The fourth-order valence-electron chi connectivity index (χ4n) is 3.42. The molecule has 156 valence electrons. The first kappa shape index (κ1) is 21.3. The molecule has 1 saturated carbocycles. The molecule has 0 radical (unpaired) electrons. The van der Waals surface area contributed by atoms with Gasteiger partial charge >= 0.3 is 5.97 Å². The van der Waals surface area contributed by atoms with Gasteiger partial charge in [0.1, 0.15) is 5.75 Å². The predicted octanol–water partition coefficient (Wildman–Crippen LogP) is 4.37. The van der Waals surface area contributed by atoms with Crippen molar-refractivity contribution >= 4 is 23.5 Å². The van der Waals surface area contributed by atoms with Gasteiger partial charge in [-0.15, -0.1) is 0 Å². The number of esters is 1. The molecule has 1 fully saturated rings. The third-order valence-electron chi connectivity index (χ3n) is 4.84. The summed E-state index contributed by atoms with van der Waals surface area (Å²) in [5.74, 6) is -0.506. The van der Waals surface area contributed by atoms with E-state index in [1.54, 1.807) is 24.3 Å². The Hall–Kier alpha value is -3.41. The molecule has 0 aliphatic heterocycles. The lowest BCUT2D eigenvalue weighted by Crippen LogP contribution is -2.23. The molecule has 0 heterocycles. The fraction of sp³-hybridized carbons (Fsp3) is 0.292. The maximum Gasteiger partial charge on any atom is 0.308 e. The zero-order valence-electron chi connectivity index (χ0n) is 17.1. The van der Waals surface area contributed by atoms with Crippen molar-refractivity contribution in [1.82, 2.24) is 5.32 Å². The zero-order chi connectivity index (χ0) is 21.3. The van der Waals surface area contributed by atoms with Crippen molar-refractivity contribution in [1.29, 1.82) is 0 Å². The van der Waals surface area contributed by atoms with E-state index in [1.165, 1.54) is 25.0 Å². The molecule has 2 N–H and O–H groups in total. The molecule has 0 unspecified atom stereocenters. The van der Waals surface area contributed by atoms with Gasteiger partial charge in [0.05, 0.1) is 0 Å².